The molecule has 1 fully saturated rings. The third-order valence-electron chi connectivity index (χ3n) is 5.95. The lowest BCUT2D eigenvalue weighted by Gasteiger charge is -2.34. The maximum atomic E-state index is 13.3. The lowest BCUT2D eigenvalue weighted by atomic mass is 9.80. The Kier molecular flexibility index (Phi) is 4.40. The predicted octanol–water partition coefficient (Wildman–Crippen LogP) is 3.82. The van der Waals surface area contributed by atoms with E-state index in [1.807, 2.05) is 42.5 Å². The van der Waals surface area contributed by atoms with Gasteiger partial charge >= 0.3 is 0 Å². The van der Waals surface area contributed by atoms with E-state index in [4.69, 9.17) is 9.47 Å². The summed E-state index contributed by atoms with van der Waals surface area (Å²) in [7, 11) is -3.40. The van der Waals surface area contributed by atoms with Crippen molar-refractivity contribution >= 4 is 10.0 Å². The van der Waals surface area contributed by atoms with E-state index in [2.05, 4.69) is 12.1 Å². The van der Waals surface area contributed by atoms with Crippen molar-refractivity contribution < 1.29 is 17.9 Å². The van der Waals surface area contributed by atoms with Gasteiger partial charge in [-0.15, -0.1) is 0 Å². The van der Waals surface area contributed by atoms with Crippen LogP contribution in [0.25, 0.3) is 0 Å². The molecule has 5 rings (SSSR count). The average Bonchev–Trinajstić information content (AvgIpc) is 3.35. The molecule has 0 amide bonds. The molecule has 1 saturated heterocycles. The van der Waals surface area contributed by atoms with Crippen LogP contribution in [0.2, 0.25) is 0 Å². The number of rotatable bonds is 4. The zero-order chi connectivity index (χ0) is 19.1. The number of sulfonamides is 1. The van der Waals surface area contributed by atoms with Crippen molar-refractivity contribution in [3.8, 4) is 11.5 Å². The molecule has 2 atom stereocenters. The van der Waals surface area contributed by atoms with Crippen LogP contribution in [0, 0.1) is 0 Å². The Morgan fingerprint density at radius 2 is 1.86 bits per heavy atom. The van der Waals surface area contributed by atoms with Crippen LogP contribution < -0.4 is 9.47 Å². The highest BCUT2D eigenvalue weighted by atomic mass is 32.2. The van der Waals surface area contributed by atoms with Crippen LogP contribution in [0.1, 0.15) is 36.3 Å². The zero-order valence-electron chi connectivity index (χ0n) is 15.6. The number of allylic oxidation sites excluding steroid dienone is 1. The summed E-state index contributed by atoms with van der Waals surface area (Å²) in [6.07, 6.45) is 4.98. The molecule has 1 aliphatic carbocycles. The molecule has 0 bridgehead atoms. The van der Waals surface area contributed by atoms with Gasteiger partial charge in [-0.1, -0.05) is 48.0 Å². The van der Waals surface area contributed by atoms with E-state index < -0.39 is 10.0 Å². The van der Waals surface area contributed by atoms with Crippen LogP contribution in [0.15, 0.2) is 60.2 Å². The van der Waals surface area contributed by atoms with Crippen LogP contribution in [0.3, 0.4) is 0 Å². The first kappa shape index (κ1) is 17.8. The molecule has 0 N–H and O–H groups in total. The molecule has 2 aromatic carbocycles. The minimum atomic E-state index is -3.40. The molecule has 0 aromatic heterocycles. The van der Waals surface area contributed by atoms with Crippen molar-refractivity contribution in [1.82, 2.24) is 4.31 Å². The Bertz CT molecular complexity index is 1020. The Labute approximate surface area is 165 Å². The number of fused-ring (bicyclic) bond motifs is 2. The minimum absolute atomic E-state index is 0.0471. The number of nitrogens with zero attached hydrogens (tertiary/aromatic N) is 1. The van der Waals surface area contributed by atoms with Gasteiger partial charge in [0.05, 0.1) is 11.8 Å². The van der Waals surface area contributed by atoms with Crippen molar-refractivity contribution in [2.45, 2.75) is 37.0 Å². The van der Waals surface area contributed by atoms with E-state index in [-0.39, 0.29) is 24.5 Å². The summed E-state index contributed by atoms with van der Waals surface area (Å²) in [5.41, 5.74) is 3.21. The van der Waals surface area contributed by atoms with Crippen molar-refractivity contribution in [2.24, 2.45) is 0 Å². The fourth-order valence-electron chi connectivity index (χ4n) is 4.67. The first-order valence-electron chi connectivity index (χ1n) is 9.74. The standard InChI is InChI=1S/C22H23NO4S/c24-28(25,14-16-5-2-1-3-6-16)23-12-11-17-7-4-8-19(22(17)23)18-9-10-20-21(13-18)27-15-26-20/h1-3,5-7,9-10,13,19,22H,4,8,11-12,14-15H2/t19-,22+/m0/s1. The molecule has 0 unspecified atom stereocenters. The molecule has 28 heavy (non-hydrogen) atoms. The molecule has 146 valence electrons. The Morgan fingerprint density at radius 3 is 2.71 bits per heavy atom. The fraction of sp³-hybridized carbons (Fsp3) is 0.364. The Balaban J connectivity index is 1.47. The number of benzene rings is 2. The van der Waals surface area contributed by atoms with Crippen molar-refractivity contribution in [2.75, 3.05) is 13.3 Å². The lowest BCUT2D eigenvalue weighted by molar-refractivity contribution is 0.174. The van der Waals surface area contributed by atoms with Crippen LogP contribution in [0.5, 0.6) is 11.5 Å². The third kappa shape index (κ3) is 3.10. The molecule has 3 aliphatic rings. The van der Waals surface area contributed by atoms with E-state index in [0.29, 0.717) is 6.54 Å². The van der Waals surface area contributed by atoms with Gasteiger partial charge in [0, 0.05) is 12.5 Å². The molecular weight excluding hydrogens is 374 g/mol. The highest BCUT2D eigenvalue weighted by Gasteiger charge is 2.43. The lowest BCUT2D eigenvalue weighted by Crippen LogP contribution is -2.41. The van der Waals surface area contributed by atoms with E-state index >= 15 is 0 Å². The number of hydrogen-bond donors (Lipinski definition) is 0. The molecule has 2 heterocycles. The van der Waals surface area contributed by atoms with Gasteiger partial charge in [0.1, 0.15) is 0 Å². The summed E-state index contributed by atoms with van der Waals surface area (Å²) >= 11 is 0. The van der Waals surface area contributed by atoms with Crippen LogP contribution >= 0.6 is 0 Å². The van der Waals surface area contributed by atoms with Gasteiger partial charge in [0.25, 0.3) is 0 Å². The number of ether oxygens (including phenoxy) is 2. The SMILES string of the molecule is O=S(=O)(Cc1ccccc1)N1CCC2=CCC[C@@H](c3ccc4c(c3)OCO4)[C@@H]21. The van der Waals surface area contributed by atoms with Gasteiger partial charge in [-0.25, -0.2) is 8.42 Å². The molecule has 6 heteroatoms. The van der Waals surface area contributed by atoms with Gasteiger partial charge in [-0.2, -0.15) is 4.31 Å². The summed E-state index contributed by atoms with van der Waals surface area (Å²) in [6, 6.07) is 15.4. The normalized spacial score (nSPS) is 24.1. The summed E-state index contributed by atoms with van der Waals surface area (Å²) < 4.78 is 39.3. The summed E-state index contributed by atoms with van der Waals surface area (Å²) in [5, 5.41) is 0. The summed E-state index contributed by atoms with van der Waals surface area (Å²) in [4.78, 5) is 0. The van der Waals surface area contributed by atoms with Crippen LogP contribution in [-0.4, -0.2) is 32.1 Å². The summed E-state index contributed by atoms with van der Waals surface area (Å²) in [5.74, 6) is 1.70. The van der Waals surface area contributed by atoms with Crippen LogP contribution in [0.4, 0.5) is 0 Å². The van der Waals surface area contributed by atoms with Crippen LogP contribution in [-0.2, 0) is 15.8 Å². The highest BCUT2D eigenvalue weighted by molar-refractivity contribution is 7.88. The predicted molar refractivity (Wildman–Crippen MR) is 107 cm³/mol. The van der Waals surface area contributed by atoms with E-state index in [1.54, 1.807) is 4.31 Å². The average molecular weight is 397 g/mol. The second-order valence-corrected chi connectivity index (χ2v) is 9.54. The zero-order valence-corrected chi connectivity index (χ0v) is 16.4. The first-order valence-corrected chi connectivity index (χ1v) is 11.3. The van der Waals surface area contributed by atoms with Crippen molar-refractivity contribution in [1.29, 1.82) is 0 Å². The quantitative estimate of drug-likeness (QED) is 0.736. The van der Waals surface area contributed by atoms with E-state index in [9.17, 15) is 8.42 Å². The molecule has 2 aromatic rings. The monoisotopic (exact) mass is 397 g/mol. The molecule has 0 radical (unpaired) electrons. The van der Waals surface area contributed by atoms with Gasteiger partial charge in [0.15, 0.2) is 11.5 Å². The number of hydrogen-bond acceptors (Lipinski definition) is 4. The topological polar surface area (TPSA) is 55.8 Å². The van der Waals surface area contributed by atoms with Gasteiger partial charge < -0.3 is 9.47 Å². The molecular formula is C22H23NO4S. The summed E-state index contributed by atoms with van der Waals surface area (Å²) in [6.45, 7) is 0.808. The fourth-order valence-corrected chi connectivity index (χ4v) is 6.45. The van der Waals surface area contributed by atoms with Crippen molar-refractivity contribution in [3.63, 3.8) is 0 Å². The highest BCUT2D eigenvalue weighted by Crippen LogP contribution is 2.45. The third-order valence-corrected chi connectivity index (χ3v) is 7.77. The smallest absolute Gasteiger partial charge is 0.231 e. The maximum Gasteiger partial charge on any atom is 0.231 e. The molecule has 0 saturated carbocycles. The largest absolute Gasteiger partial charge is 0.454 e. The maximum absolute atomic E-state index is 13.3. The first-order chi connectivity index (χ1) is 13.6. The molecule has 5 nitrogen and oxygen atoms in total. The molecule has 2 aliphatic heterocycles. The minimum Gasteiger partial charge on any atom is -0.454 e. The molecule has 0 spiro atoms. The van der Waals surface area contributed by atoms with Gasteiger partial charge in [0.2, 0.25) is 16.8 Å². The van der Waals surface area contributed by atoms with Crippen molar-refractivity contribution in [3.05, 3.63) is 71.3 Å². The second kappa shape index (κ2) is 6.94. The van der Waals surface area contributed by atoms with E-state index in [1.165, 1.54) is 5.57 Å². The van der Waals surface area contributed by atoms with Gasteiger partial charge in [-0.05, 0) is 42.5 Å². The Hall–Kier alpha value is -2.31. The Morgan fingerprint density at radius 1 is 1.04 bits per heavy atom. The second-order valence-electron chi connectivity index (χ2n) is 7.62. The van der Waals surface area contributed by atoms with E-state index in [0.717, 1.165) is 41.9 Å². The van der Waals surface area contributed by atoms with Gasteiger partial charge in [-0.3, -0.25) is 0 Å².